The van der Waals surface area contributed by atoms with Gasteiger partial charge in [0.25, 0.3) is 5.91 Å². The molecule has 2 aromatic rings. The Hall–Kier alpha value is -2.88. The van der Waals surface area contributed by atoms with Crippen LogP contribution in [0, 0.1) is 17.2 Å². The zero-order valence-corrected chi connectivity index (χ0v) is 13.0. The van der Waals surface area contributed by atoms with Gasteiger partial charge in [-0.15, -0.1) is 0 Å². The number of anilines is 2. The Balaban J connectivity index is 1.96. The summed E-state index contributed by atoms with van der Waals surface area (Å²) in [6.07, 6.45) is 1.94. The van der Waals surface area contributed by atoms with Gasteiger partial charge in [-0.3, -0.25) is 9.48 Å². The van der Waals surface area contributed by atoms with Crippen molar-refractivity contribution in [1.82, 2.24) is 9.78 Å². The molecule has 0 aliphatic heterocycles. The molecule has 3 rings (SSSR count). The van der Waals surface area contributed by atoms with E-state index in [-0.39, 0.29) is 11.4 Å². The maximum Gasteiger partial charge on any atom is 0.254 e. The number of nitriles is 1. The van der Waals surface area contributed by atoms with Crippen molar-refractivity contribution in [2.75, 3.05) is 5.32 Å². The van der Waals surface area contributed by atoms with Crippen LogP contribution in [0.5, 0.6) is 0 Å². The fourth-order valence-corrected chi connectivity index (χ4v) is 3.09. The monoisotopic (exact) mass is 327 g/mol. The van der Waals surface area contributed by atoms with Gasteiger partial charge in [0.15, 0.2) is 5.82 Å². The lowest BCUT2D eigenvalue weighted by atomic mass is 9.84. The summed E-state index contributed by atoms with van der Waals surface area (Å²) >= 11 is 0. The SMILES string of the molecule is N#CC1CCCC(F)C1n1cc(C(N)=O)c(Nc2ccccc2)n1. The quantitative estimate of drug-likeness (QED) is 0.902. The molecule has 1 saturated carbocycles. The topological polar surface area (TPSA) is 96.7 Å². The highest BCUT2D eigenvalue weighted by Crippen LogP contribution is 2.36. The van der Waals surface area contributed by atoms with Gasteiger partial charge in [0.1, 0.15) is 11.7 Å². The third-order valence-electron chi connectivity index (χ3n) is 4.28. The van der Waals surface area contributed by atoms with Crippen molar-refractivity contribution in [2.45, 2.75) is 31.5 Å². The minimum atomic E-state index is -1.17. The molecule has 0 spiro atoms. The summed E-state index contributed by atoms with van der Waals surface area (Å²) < 4.78 is 15.8. The number of alkyl halides is 1. The molecule has 1 aromatic heterocycles. The minimum absolute atomic E-state index is 0.174. The average molecular weight is 327 g/mol. The highest BCUT2D eigenvalue weighted by Gasteiger charge is 2.36. The Bertz CT molecular complexity index is 767. The first-order valence-electron chi connectivity index (χ1n) is 7.85. The third kappa shape index (κ3) is 3.08. The van der Waals surface area contributed by atoms with Crippen molar-refractivity contribution in [3.05, 3.63) is 42.1 Å². The molecule has 1 fully saturated rings. The zero-order valence-electron chi connectivity index (χ0n) is 13.0. The molecule has 0 bridgehead atoms. The van der Waals surface area contributed by atoms with Crippen molar-refractivity contribution in [3.63, 3.8) is 0 Å². The lowest BCUT2D eigenvalue weighted by Crippen LogP contribution is -2.32. The Kier molecular flexibility index (Phi) is 4.47. The van der Waals surface area contributed by atoms with Crippen molar-refractivity contribution in [2.24, 2.45) is 11.7 Å². The second-order valence-electron chi connectivity index (χ2n) is 5.90. The molecule has 3 unspecified atom stereocenters. The van der Waals surface area contributed by atoms with Gasteiger partial charge in [-0.25, -0.2) is 4.39 Å². The number of benzene rings is 1. The molecule has 3 atom stereocenters. The fraction of sp³-hybridized carbons (Fsp3) is 0.353. The first kappa shape index (κ1) is 16.0. The Morgan fingerprint density at radius 3 is 2.79 bits per heavy atom. The Morgan fingerprint density at radius 2 is 2.12 bits per heavy atom. The molecular formula is C17H18FN5O. The summed E-state index contributed by atoms with van der Waals surface area (Å²) in [4.78, 5) is 11.7. The molecule has 24 heavy (non-hydrogen) atoms. The van der Waals surface area contributed by atoms with Crippen molar-refractivity contribution in [1.29, 1.82) is 5.26 Å². The van der Waals surface area contributed by atoms with Crippen LogP contribution in [0.2, 0.25) is 0 Å². The van der Waals surface area contributed by atoms with Crippen LogP contribution in [0.15, 0.2) is 36.5 Å². The maximum absolute atomic E-state index is 14.4. The number of primary amides is 1. The molecule has 3 N–H and O–H groups in total. The van der Waals surface area contributed by atoms with Crippen molar-refractivity contribution in [3.8, 4) is 6.07 Å². The van der Waals surface area contributed by atoms with E-state index in [0.717, 1.165) is 5.69 Å². The number of rotatable bonds is 4. The van der Waals surface area contributed by atoms with Gasteiger partial charge in [0.2, 0.25) is 0 Å². The van der Waals surface area contributed by atoms with E-state index in [0.29, 0.717) is 19.3 Å². The van der Waals surface area contributed by atoms with Gasteiger partial charge in [-0.05, 0) is 31.4 Å². The number of hydrogen-bond acceptors (Lipinski definition) is 4. The number of nitrogens with two attached hydrogens (primary N) is 1. The molecule has 1 aliphatic rings. The average Bonchev–Trinajstić information content (AvgIpc) is 2.99. The van der Waals surface area contributed by atoms with Crippen molar-refractivity contribution < 1.29 is 9.18 Å². The first-order chi connectivity index (χ1) is 11.6. The van der Waals surface area contributed by atoms with Crippen LogP contribution in [0.4, 0.5) is 15.9 Å². The van der Waals surface area contributed by atoms with Crippen LogP contribution < -0.4 is 11.1 Å². The van der Waals surface area contributed by atoms with Gasteiger partial charge in [0, 0.05) is 11.9 Å². The number of hydrogen-bond donors (Lipinski definition) is 2. The van der Waals surface area contributed by atoms with Gasteiger partial charge < -0.3 is 11.1 Å². The van der Waals surface area contributed by atoms with Gasteiger partial charge >= 0.3 is 0 Å². The maximum atomic E-state index is 14.4. The molecule has 1 amide bonds. The minimum Gasteiger partial charge on any atom is -0.365 e. The Labute approximate surface area is 139 Å². The molecule has 0 saturated heterocycles. The number of para-hydroxylation sites is 1. The number of halogens is 1. The smallest absolute Gasteiger partial charge is 0.254 e. The molecule has 7 heteroatoms. The number of carbonyl (C=O) groups is 1. The number of amides is 1. The van der Waals surface area contributed by atoms with E-state index in [1.165, 1.54) is 10.9 Å². The summed E-state index contributed by atoms with van der Waals surface area (Å²) in [5.74, 6) is -0.860. The van der Waals surface area contributed by atoms with Crippen LogP contribution in [-0.2, 0) is 0 Å². The summed E-state index contributed by atoms with van der Waals surface area (Å²) in [6.45, 7) is 0. The van der Waals surface area contributed by atoms with Crippen LogP contribution >= 0.6 is 0 Å². The predicted octanol–water partition coefficient (Wildman–Crippen LogP) is 2.93. The number of nitrogens with one attached hydrogen (secondary N) is 1. The van der Waals surface area contributed by atoms with Crippen LogP contribution in [0.25, 0.3) is 0 Å². The number of nitrogens with zero attached hydrogens (tertiary/aromatic N) is 3. The summed E-state index contributed by atoms with van der Waals surface area (Å²) in [7, 11) is 0. The largest absolute Gasteiger partial charge is 0.365 e. The Morgan fingerprint density at radius 1 is 1.38 bits per heavy atom. The van der Waals surface area contributed by atoms with E-state index in [1.54, 1.807) is 0 Å². The van der Waals surface area contributed by atoms with E-state index in [1.807, 2.05) is 30.3 Å². The lowest BCUT2D eigenvalue weighted by molar-refractivity contribution is 0.0999. The van der Waals surface area contributed by atoms with E-state index >= 15 is 0 Å². The normalized spacial score (nSPS) is 23.4. The van der Waals surface area contributed by atoms with E-state index in [2.05, 4.69) is 16.5 Å². The zero-order chi connectivity index (χ0) is 17.1. The summed E-state index contributed by atoms with van der Waals surface area (Å²) in [5, 5.41) is 16.6. The van der Waals surface area contributed by atoms with Gasteiger partial charge in [-0.1, -0.05) is 18.2 Å². The molecule has 6 nitrogen and oxygen atoms in total. The molecule has 1 aromatic carbocycles. The highest BCUT2D eigenvalue weighted by atomic mass is 19.1. The number of carbonyl (C=O) groups excluding carboxylic acids is 1. The third-order valence-corrected chi connectivity index (χ3v) is 4.28. The van der Waals surface area contributed by atoms with Crippen LogP contribution in [0.1, 0.15) is 35.7 Å². The standard InChI is InChI=1S/C17H18FN5O/c18-14-8-4-5-11(9-19)15(14)23-10-13(16(20)24)17(22-23)21-12-6-2-1-3-7-12/h1-3,6-7,10-11,14-15H,4-5,8H2,(H2,20,24)(H,21,22). The second kappa shape index (κ2) is 6.71. The molecular weight excluding hydrogens is 309 g/mol. The molecule has 1 aliphatic carbocycles. The number of aromatic nitrogens is 2. The summed E-state index contributed by atoms with van der Waals surface area (Å²) in [5.41, 5.74) is 6.33. The molecule has 0 radical (unpaired) electrons. The van der Waals surface area contributed by atoms with Gasteiger partial charge in [-0.2, -0.15) is 10.4 Å². The fourth-order valence-electron chi connectivity index (χ4n) is 3.09. The van der Waals surface area contributed by atoms with Gasteiger partial charge in [0.05, 0.1) is 18.0 Å². The molecule has 124 valence electrons. The lowest BCUT2D eigenvalue weighted by Gasteiger charge is -2.30. The highest BCUT2D eigenvalue weighted by molar-refractivity contribution is 5.98. The van der Waals surface area contributed by atoms with Crippen LogP contribution in [-0.4, -0.2) is 21.9 Å². The predicted molar refractivity (Wildman–Crippen MR) is 87.4 cm³/mol. The van der Waals surface area contributed by atoms with Crippen LogP contribution in [0.3, 0.4) is 0 Å². The van der Waals surface area contributed by atoms with E-state index in [4.69, 9.17) is 5.73 Å². The first-order valence-corrected chi connectivity index (χ1v) is 7.85. The van der Waals surface area contributed by atoms with E-state index < -0.39 is 24.0 Å². The van der Waals surface area contributed by atoms with E-state index in [9.17, 15) is 14.4 Å². The molecule has 1 heterocycles. The second-order valence-corrected chi connectivity index (χ2v) is 5.90. The summed E-state index contributed by atoms with van der Waals surface area (Å²) in [6, 6.07) is 10.6. The van der Waals surface area contributed by atoms with Crippen molar-refractivity contribution >= 4 is 17.4 Å².